The van der Waals surface area contributed by atoms with E-state index in [0.717, 1.165) is 5.52 Å². The minimum atomic E-state index is -0.418. The second-order valence-electron chi connectivity index (χ2n) is 3.96. The van der Waals surface area contributed by atoms with E-state index < -0.39 is 5.97 Å². The summed E-state index contributed by atoms with van der Waals surface area (Å²) >= 11 is 3.33. The molecular formula is C12H9BrN4O2. The molecular weight excluding hydrogens is 312 g/mol. The van der Waals surface area contributed by atoms with E-state index in [2.05, 4.69) is 25.9 Å². The molecule has 19 heavy (non-hydrogen) atoms. The average molecular weight is 321 g/mol. The summed E-state index contributed by atoms with van der Waals surface area (Å²) < 4.78 is 7.14. The average Bonchev–Trinajstić information content (AvgIpc) is 2.87. The minimum absolute atomic E-state index is 0.391. The molecule has 96 valence electrons. The highest BCUT2D eigenvalue weighted by molar-refractivity contribution is 9.10. The molecule has 7 heteroatoms. The number of nitrogens with two attached hydrogens (primary N) is 1. The predicted octanol–water partition coefficient (Wildman–Crippen LogP) is 2.01. The third-order valence-corrected chi connectivity index (χ3v) is 3.53. The molecule has 0 aliphatic heterocycles. The highest BCUT2D eigenvalue weighted by Crippen LogP contribution is 2.26. The Hall–Kier alpha value is -2.15. The summed E-state index contributed by atoms with van der Waals surface area (Å²) in [7, 11) is 1.34. The quantitative estimate of drug-likeness (QED) is 0.693. The van der Waals surface area contributed by atoms with E-state index in [9.17, 15) is 4.79 Å². The van der Waals surface area contributed by atoms with Crippen LogP contribution < -0.4 is 5.73 Å². The van der Waals surface area contributed by atoms with Crippen LogP contribution in [0.15, 0.2) is 29.1 Å². The molecule has 2 heterocycles. The Balaban J connectivity index is 2.43. The van der Waals surface area contributed by atoms with Gasteiger partial charge in [0.15, 0.2) is 0 Å². The summed E-state index contributed by atoms with van der Waals surface area (Å²) in [6.45, 7) is 0. The molecule has 0 radical (unpaired) electrons. The van der Waals surface area contributed by atoms with E-state index in [0.29, 0.717) is 26.9 Å². The molecule has 2 N–H and O–H groups in total. The number of carbonyl (C=O) groups excluding carboxylic acids is 1. The summed E-state index contributed by atoms with van der Waals surface area (Å²) in [5.74, 6) is -0.0263. The fraction of sp³-hybridized carbons (Fsp3) is 0.0833. The first kappa shape index (κ1) is 11.9. The van der Waals surface area contributed by atoms with E-state index in [1.54, 1.807) is 29.1 Å². The lowest BCUT2D eigenvalue weighted by Crippen LogP contribution is -2.04. The second kappa shape index (κ2) is 4.20. The van der Waals surface area contributed by atoms with E-state index in [4.69, 9.17) is 10.5 Å². The maximum atomic E-state index is 11.7. The van der Waals surface area contributed by atoms with Crippen LogP contribution in [0.3, 0.4) is 0 Å². The van der Waals surface area contributed by atoms with Gasteiger partial charge in [-0.2, -0.15) is 0 Å². The Morgan fingerprint density at radius 3 is 2.95 bits per heavy atom. The van der Waals surface area contributed by atoms with Crippen molar-refractivity contribution < 1.29 is 9.53 Å². The number of rotatable bonds is 1. The van der Waals surface area contributed by atoms with E-state index in [1.165, 1.54) is 7.11 Å². The van der Waals surface area contributed by atoms with Crippen LogP contribution in [0.2, 0.25) is 0 Å². The number of halogens is 1. The van der Waals surface area contributed by atoms with Crippen molar-refractivity contribution >= 4 is 44.3 Å². The number of methoxy groups -OCH3 is 1. The number of anilines is 1. The van der Waals surface area contributed by atoms with Gasteiger partial charge in [-0.1, -0.05) is 0 Å². The summed E-state index contributed by atoms with van der Waals surface area (Å²) in [6, 6.07) is 3.43. The smallest absolute Gasteiger partial charge is 0.339 e. The molecule has 6 nitrogen and oxygen atoms in total. The van der Waals surface area contributed by atoms with E-state index in [-0.39, 0.29) is 0 Å². The van der Waals surface area contributed by atoms with Gasteiger partial charge in [-0.15, -0.1) is 0 Å². The zero-order valence-corrected chi connectivity index (χ0v) is 11.5. The fourth-order valence-electron chi connectivity index (χ4n) is 1.96. The molecule has 0 unspecified atom stereocenters. The van der Waals surface area contributed by atoms with Crippen molar-refractivity contribution in [2.24, 2.45) is 0 Å². The van der Waals surface area contributed by atoms with Gasteiger partial charge >= 0.3 is 5.97 Å². The zero-order valence-electron chi connectivity index (χ0n) is 9.92. The normalized spacial score (nSPS) is 11.1. The lowest BCUT2D eigenvalue weighted by atomic mass is 10.2. The van der Waals surface area contributed by atoms with Gasteiger partial charge in [-0.25, -0.2) is 14.8 Å². The highest BCUT2D eigenvalue weighted by Gasteiger charge is 2.14. The minimum Gasteiger partial charge on any atom is -0.465 e. The van der Waals surface area contributed by atoms with Gasteiger partial charge in [0.05, 0.1) is 36.2 Å². The highest BCUT2D eigenvalue weighted by atomic mass is 79.9. The van der Waals surface area contributed by atoms with E-state index in [1.807, 2.05) is 0 Å². The SMILES string of the molecule is COC(=O)c1cc2c(cc1Br)nc(N)c1cncn12. The van der Waals surface area contributed by atoms with Crippen molar-refractivity contribution in [1.82, 2.24) is 14.4 Å². The van der Waals surface area contributed by atoms with Crippen LogP contribution in [-0.4, -0.2) is 27.4 Å². The number of carbonyl (C=O) groups is 1. The Kier molecular flexibility index (Phi) is 2.63. The van der Waals surface area contributed by atoms with Gasteiger partial charge in [-0.05, 0) is 28.1 Å². The second-order valence-corrected chi connectivity index (χ2v) is 4.81. The Bertz CT molecular complexity index is 812. The number of hydrogen-bond donors (Lipinski definition) is 1. The predicted molar refractivity (Wildman–Crippen MR) is 73.9 cm³/mol. The molecule has 0 saturated heterocycles. The van der Waals surface area contributed by atoms with Crippen molar-refractivity contribution in [1.29, 1.82) is 0 Å². The lowest BCUT2D eigenvalue weighted by molar-refractivity contribution is 0.0600. The van der Waals surface area contributed by atoms with Crippen molar-refractivity contribution in [2.45, 2.75) is 0 Å². The first-order valence-corrected chi connectivity index (χ1v) is 6.20. The molecule has 1 aromatic carbocycles. The molecule has 0 fully saturated rings. The van der Waals surface area contributed by atoms with Crippen LogP contribution in [0.5, 0.6) is 0 Å². The first-order valence-electron chi connectivity index (χ1n) is 5.41. The lowest BCUT2D eigenvalue weighted by Gasteiger charge is -2.08. The summed E-state index contributed by atoms with van der Waals surface area (Å²) in [4.78, 5) is 20.0. The molecule has 0 saturated carbocycles. The number of esters is 1. The van der Waals surface area contributed by atoms with Crippen LogP contribution in [0, 0.1) is 0 Å². The largest absolute Gasteiger partial charge is 0.465 e. The monoisotopic (exact) mass is 320 g/mol. The zero-order chi connectivity index (χ0) is 13.6. The number of nitrogen functional groups attached to an aromatic ring is 1. The van der Waals surface area contributed by atoms with Gasteiger partial charge in [-0.3, -0.25) is 4.40 Å². The summed E-state index contributed by atoms with van der Waals surface area (Å²) in [5.41, 5.74) is 8.40. The number of hydrogen-bond acceptors (Lipinski definition) is 5. The maximum Gasteiger partial charge on any atom is 0.339 e. The number of imidazole rings is 1. The first-order chi connectivity index (χ1) is 9.11. The van der Waals surface area contributed by atoms with Gasteiger partial charge in [0.2, 0.25) is 0 Å². The van der Waals surface area contributed by atoms with Gasteiger partial charge in [0.1, 0.15) is 11.3 Å². The molecule has 3 rings (SSSR count). The van der Waals surface area contributed by atoms with Crippen LogP contribution in [0.4, 0.5) is 5.82 Å². The van der Waals surface area contributed by atoms with Gasteiger partial charge < -0.3 is 10.5 Å². The van der Waals surface area contributed by atoms with Crippen molar-refractivity contribution in [3.8, 4) is 0 Å². The standard InChI is InChI=1S/C12H9BrN4O2/c1-19-12(18)6-2-9-8(3-7(6)13)16-11(14)10-4-15-5-17(9)10/h2-5H,1H3,(H2,14,16). The number of benzene rings is 1. The Labute approximate surface area is 116 Å². The molecule has 2 aromatic heterocycles. The summed E-state index contributed by atoms with van der Waals surface area (Å²) in [6.07, 6.45) is 3.26. The van der Waals surface area contributed by atoms with Crippen LogP contribution in [0.1, 0.15) is 10.4 Å². The summed E-state index contributed by atoms with van der Waals surface area (Å²) in [5, 5.41) is 0. The third kappa shape index (κ3) is 1.74. The van der Waals surface area contributed by atoms with Crippen LogP contribution in [-0.2, 0) is 4.74 Å². The molecule has 3 aromatic rings. The van der Waals surface area contributed by atoms with Crippen molar-refractivity contribution in [3.63, 3.8) is 0 Å². The topological polar surface area (TPSA) is 82.5 Å². The number of nitrogens with zero attached hydrogens (tertiary/aromatic N) is 3. The molecule has 0 bridgehead atoms. The van der Waals surface area contributed by atoms with Gasteiger partial charge in [0.25, 0.3) is 0 Å². The van der Waals surface area contributed by atoms with Crippen molar-refractivity contribution in [3.05, 3.63) is 34.7 Å². The Morgan fingerprint density at radius 2 is 2.21 bits per heavy atom. The van der Waals surface area contributed by atoms with Crippen LogP contribution in [0.25, 0.3) is 16.6 Å². The van der Waals surface area contributed by atoms with Crippen molar-refractivity contribution in [2.75, 3.05) is 12.8 Å². The molecule has 0 aliphatic rings. The molecule has 0 spiro atoms. The maximum absolute atomic E-state index is 11.7. The van der Waals surface area contributed by atoms with Gasteiger partial charge in [0, 0.05) is 4.47 Å². The molecule has 0 amide bonds. The van der Waals surface area contributed by atoms with Crippen LogP contribution >= 0.6 is 15.9 Å². The Morgan fingerprint density at radius 1 is 1.42 bits per heavy atom. The number of fused-ring (bicyclic) bond motifs is 3. The fourth-order valence-corrected chi connectivity index (χ4v) is 2.46. The number of aromatic nitrogens is 3. The van der Waals surface area contributed by atoms with E-state index >= 15 is 0 Å². The number of ether oxygens (including phenoxy) is 1. The molecule has 0 aliphatic carbocycles. The third-order valence-electron chi connectivity index (χ3n) is 2.87. The molecule has 0 atom stereocenters.